The Morgan fingerprint density at radius 1 is 1.16 bits per heavy atom. The maximum absolute atomic E-state index is 5.73. The van der Waals surface area contributed by atoms with Crippen molar-refractivity contribution in [2.75, 3.05) is 0 Å². The Bertz CT molecular complexity index is 659. The number of fused-ring (bicyclic) bond motifs is 1. The van der Waals surface area contributed by atoms with E-state index in [0.717, 1.165) is 17.5 Å². The Kier molecular flexibility index (Phi) is 3.55. The summed E-state index contributed by atoms with van der Waals surface area (Å²) < 4.78 is 0. The Morgan fingerprint density at radius 2 is 2.05 bits per heavy atom. The molecule has 0 saturated carbocycles. The van der Waals surface area contributed by atoms with E-state index in [-0.39, 0.29) is 6.04 Å². The minimum absolute atomic E-state index is 0.0322. The first-order chi connectivity index (χ1) is 9.38. The van der Waals surface area contributed by atoms with Crippen molar-refractivity contribution in [3.05, 3.63) is 64.6 Å². The number of pyridine rings is 1. The highest BCUT2D eigenvalue weighted by Gasteiger charge is 2.15. The Hall–Kier alpha value is -1.75. The first kappa shape index (κ1) is 12.3. The highest BCUT2D eigenvalue weighted by molar-refractivity contribution is 7.09. The van der Waals surface area contributed by atoms with Crippen LogP contribution in [0.2, 0.25) is 0 Å². The third-order valence-electron chi connectivity index (χ3n) is 3.22. The van der Waals surface area contributed by atoms with Gasteiger partial charge in [-0.25, -0.2) is 0 Å². The van der Waals surface area contributed by atoms with Crippen molar-refractivity contribution < 1.29 is 0 Å². The zero-order chi connectivity index (χ0) is 13.1. The molecular formula is C15H15N3S. The second-order valence-corrected chi connectivity index (χ2v) is 5.45. The summed E-state index contributed by atoms with van der Waals surface area (Å²) in [6, 6.07) is 14.5. The first-order valence-electron chi connectivity index (χ1n) is 6.20. The molecule has 0 radical (unpaired) electrons. The van der Waals surface area contributed by atoms with E-state index in [4.69, 9.17) is 5.84 Å². The van der Waals surface area contributed by atoms with E-state index in [1.807, 2.05) is 24.4 Å². The zero-order valence-electron chi connectivity index (χ0n) is 10.4. The van der Waals surface area contributed by atoms with E-state index in [1.165, 1.54) is 10.3 Å². The number of thiophene rings is 1. The smallest absolute Gasteiger partial charge is 0.0686 e. The van der Waals surface area contributed by atoms with E-state index in [2.05, 4.69) is 40.1 Å². The minimum Gasteiger partial charge on any atom is -0.271 e. The van der Waals surface area contributed by atoms with Crippen molar-refractivity contribution in [2.24, 2.45) is 5.84 Å². The van der Waals surface area contributed by atoms with Crippen LogP contribution in [0.15, 0.2) is 54.0 Å². The van der Waals surface area contributed by atoms with Crippen molar-refractivity contribution in [2.45, 2.75) is 12.5 Å². The summed E-state index contributed by atoms with van der Waals surface area (Å²) in [7, 11) is 0. The minimum atomic E-state index is 0.0322. The molecule has 0 amide bonds. The fraction of sp³-hybridized carbons (Fsp3) is 0.133. The van der Waals surface area contributed by atoms with E-state index in [0.29, 0.717) is 0 Å². The zero-order valence-corrected chi connectivity index (χ0v) is 11.2. The van der Waals surface area contributed by atoms with Gasteiger partial charge in [0.05, 0.1) is 11.7 Å². The van der Waals surface area contributed by atoms with Gasteiger partial charge in [-0.15, -0.1) is 11.3 Å². The quantitative estimate of drug-likeness (QED) is 0.565. The maximum atomic E-state index is 5.73. The number of nitrogens with two attached hydrogens (primary N) is 1. The van der Waals surface area contributed by atoms with Gasteiger partial charge in [0.15, 0.2) is 0 Å². The van der Waals surface area contributed by atoms with Gasteiger partial charge in [0.2, 0.25) is 0 Å². The number of aromatic nitrogens is 1. The van der Waals surface area contributed by atoms with Crippen LogP contribution >= 0.6 is 11.3 Å². The molecule has 1 aromatic carbocycles. The van der Waals surface area contributed by atoms with Crippen molar-refractivity contribution >= 4 is 22.1 Å². The molecule has 2 heterocycles. The molecule has 0 aliphatic carbocycles. The Labute approximate surface area is 116 Å². The summed E-state index contributed by atoms with van der Waals surface area (Å²) in [5.41, 5.74) is 3.90. The van der Waals surface area contributed by atoms with Crippen molar-refractivity contribution in [3.8, 4) is 0 Å². The van der Waals surface area contributed by atoms with Gasteiger partial charge in [0.25, 0.3) is 0 Å². The van der Waals surface area contributed by atoms with Crippen LogP contribution in [-0.2, 0) is 6.42 Å². The van der Waals surface area contributed by atoms with Crippen LogP contribution in [0.1, 0.15) is 16.6 Å². The summed E-state index contributed by atoms with van der Waals surface area (Å²) in [5.74, 6) is 5.73. The number of benzene rings is 1. The molecule has 0 aliphatic rings. The largest absolute Gasteiger partial charge is 0.271 e. The number of nitrogens with zero attached hydrogens (tertiary/aromatic N) is 1. The summed E-state index contributed by atoms with van der Waals surface area (Å²) >= 11 is 1.74. The lowest BCUT2D eigenvalue weighted by Gasteiger charge is -2.16. The Morgan fingerprint density at radius 3 is 2.84 bits per heavy atom. The van der Waals surface area contributed by atoms with Gasteiger partial charge in [0.1, 0.15) is 0 Å². The van der Waals surface area contributed by atoms with Crippen LogP contribution in [0.25, 0.3) is 10.8 Å². The molecular weight excluding hydrogens is 254 g/mol. The van der Waals surface area contributed by atoms with Crippen molar-refractivity contribution in [1.82, 2.24) is 10.4 Å². The Balaban J connectivity index is 2.01. The number of hydrogen-bond acceptors (Lipinski definition) is 4. The number of nitrogens with one attached hydrogen (secondary N) is 1. The first-order valence-corrected chi connectivity index (χ1v) is 7.08. The van der Waals surface area contributed by atoms with Crippen LogP contribution in [0.5, 0.6) is 0 Å². The van der Waals surface area contributed by atoms with Crippen LogP contribution in [0.4, 0.5) is 0 Å². The predicted octanol–water partition coefficient (Wildman–Crippen LogP) is 3.04. The third-order valence-corrected chi connectivity index (χ3v) is 4.12. The third kappa shape index (κ3) is 2.51. The van der Waals surface area contributed by atoms with Crippen LogP contribution in [0.3, 0.4) is 0 Å². The van der Waals surface area contributed by atoms with Gasteiger partial charge >= 0.3 is 0 Å². The SMILES string of the molecule is NNC(Cc1cccs1)c1nccc2ccccc12. The fourth-order valence-electron chi connectivity index (χ4n) is 2.29. The molecule has 1 atom stereocenters. The average molecular weight is 269 g/mol. The second-order valence-electron chi connectivity index (χ2n) is 4.42. The standard InChI is InChI=1S/C15H15N3S/c16-18-14(10-12-5-3-9-19-12)15-13-6-2-1-4-11(13)7-8-17-15/h1-9,14,18H,10,16H2. The summed E-state index contributed by atoms with van der Waals surface area (Å²) in [5, 5.41) is 4.43. The van der Waals surface area contributed by atoms with Gasteiger partial charge in [-0.1, -0.05) is 30.3 Å². The van der Waals surface area contributed by atoms with Crippen LogP contribution in [0, 0.1) is 0 Å². The summed E-state index contributed by atoms with van der Waals surface area (Å²) in [6.07, 6.45) is 2.70. The van der Waals surface area contributed by atoms with E-state index >= 15 is 0 Å². The fourth-order valence-corrected chi connectivity index (χ4v) is 3.04. The maximum Gasteiger partial charge on any atom is 0.0686 e. The lowest BCUT2D eigenvalue weighted by Crippen LogP contribution is -2.30. The molecule has 19 heavy (non-hydrogen) atoms. The second kappa shape index (κ2) is 5.48. The van der Waals surface area contributed by atoms with Crippen molar-refractivity contribution in [3.63, 3.8) is 0 Å². The normalized spacial score (nSPS) is 12.7. The lowest BCUT2D eigenvalue weighted by molar-refractivity contribution is 0.546. The molecule has 3 rings (SSSR count). The van der Waals surface area contributed by atoms with Gasteiger partial charge in [0, 0.05) is 22.9 Å². The van der Waals surface area contributed by atoms with Crippen LogP contribution in [-0.4, -0.2) is 4.98 Å². The molecule has 1 unspecified atom stereocenters. The number of hydrazine groups is 1. The predicted molar refractivity (Wildman–Crippen MR) is 79.8 cm³/mol. The molecule has 3 N–H and O–H groups in total. The number of hydrogen-bond donors (Lipinski definition) is 2. The average Bonchev–Trinajstić information content (AvgIpc) is 2.97. The topological polar surface area (TPSA) is 50.9 Å². The molecule has 0 bridgehead atoms. The highest BCUT2D eigenvalue weighted by atomic mass is 32.1. The van der Waals surface area contributed by atoms with Gasteiger partial charge in [-0.05, 0) is 22.9 Å². The lowest BCUT2D eigenvalue weighted by atomic mass is 10.0. The van der Waals surface area contributed by atoms with Crippen molar-refractivity contribution in [1.29, 1.82) is 0 Å². The van der Waals surface area contributed by atoms with Gasteiger partial charge in [-0.2, -0.15) is 0 Å². The van der Waals surface area contributed by atoms with E-state index in [1.54, 1.807) is 11.3 Å². The molecule has 2 aromatic heterocycles. The van der Waals surface area contributed by atoms with Gasteiger partial charge in [-0.3, -0.25) is 16.3 Å². The van der Waals surface area contributed by atoms with E-state index < -0.39 is 0 Å². The van der Waals surface area contributed by atoms with E-state index in [9.17, 15) is 0 Å². The molecule has 3 aromatic rings. The molecule has 96 valence electrons. The summed E-state index contributed by atoms with van der Waals surface area (Å²) in [4.78, 5) is 5.82. The monoisotopic (exact) mass is 269 g/mol. The molecule has 0 saturated heterocycles. The van der Waals surface area contributed by atoms with Gasteiger partial charge < -0.3 is 0 Å². The van der Waals surface area contributed by atoms with Crippen LogP contribution < -0.4 is 11.3 Å². The highest BCUT2D eigenvalue weighted by Crippen LogP contribution is 2.25. The molecule has 4 heteroatoms. The molecule has 0 spiro atoms. The molecule has 3 nitrogen and oxygen atoms in total. The summed E-state index contributed by atoms with van der Waals surface area (Å²) in [6.45, 7) is 0. The molecule has 0 aliphatic heterocycles. The number of rotatable bonds is 4. The molecule has 0 fully saturated rings.